The number of hydrogen-bond acceptors (Lipinski definition) is 7. The van der Waals surface area contributed by atoms with Gasteiger partial charge < -0.3 is 20.1 Å². The first kappa shape index (κ1) is 26.9. The second kappa shape index (κ2) is 11.3. The Balaban J connectivity index is 1.18. The molecule has 2 aromatic heterocycles. The maximum absolute atomic E-state index is 14.4. The molecule has 12 heteroatoms. The predicted molar refractivity (Wildman–Crippen MR) is 140 cm³/mol. The summed E-state index contributed by atoms with van der Waals surface area (Å²) in [4.78, 5) is 28.7. The molecule has 1 aliphatic carbocycles. The van der Waals surface area contributed by atoms with Gasteiger partial charge in [0.1, 0.15) is 22.8 Å². The minimum Gasteiger partial charge on any atom is -0.393 e. The third kappa shape index (κ3) is 5.51. The van der Waals surface area contributed by atoms with Crippen molar-refractivity contribution < 1.29 is 27.8 Å². The Kier molecular flexibility index (Phi) is 7.63. The number of carbonyl (C=O) groups is 1. The Morgan fingerprint density at radius 3 is 2.42 bits per heavy atom. The number of hydrogen-bond donors (Lipinski definition) is 2. The topological polar surface area (TPSA) is 105 Å². The first-order valence-corrected chi connectivity index (χ1v) is 14.1. The van der Waals surface area contributed by atoms with Gasteiger partial charge in [-0.3, -0.25) is 9.36 Å². The van der Waals surface area contributed by atoms with E-state index in [2.05, 4.69) is 15.3 Å². The van der Waals surface area contributed by atoms with Crippen LogP contribution < -0.4 is 5.32 Å². The number of aromatic nitrogens is 4. The molecule has 0 spiro atoms. The Morgan fingerprint density at radius 1 is 1.02 bits per heavy atom. The molecule has 2 aliphatic heterocycles. The lowest BCUT2D eigenvalue weighted by Crippen LogP contribution is -2.43. The minimum atomic E-state index is -1.06. The number of likely N-dealkylation sites (tertiary alicyclic amines) is 1. The molecule has 3 aliphatic rings. The molecule has 1 saturated carbocycles. The lowest BCUT2D eigenvalue weighted by Gasteiger charge is -2.35. The van der Waals surface area contributed by atoms with Gasteiger partial charge in [0.25, 0.3) is 0 Å². The number of piperidine rings is 1. The molecule has 6 rings (SSSR count). The van der Waals surface area contributed by atoms with E-state index in [1.807, 2.05) is 4.90 Å². The molecule has 0 radical (unpaired) electrons. The number of carbonyl (C=O) groups excluding carboxylic acids is 1. The summed E-state index contributed by atoms with van der Waals surface area (Å²) >= 11 is 0. The summed E-state index contributed by atoms with van der Waals surface area (Å²) in [6.07, 6.45) is 7.41. The zero-order valence-corrected chi connectivity index (χ0v) is 22.2. The van der Waals surface area contributed by atoms with Gasteiger partial charge in [-0.25, -0.2) is 28.1 Å². The maximum Gasteiger partial charge on any atom is 0.225 e. The number of anilines is 2. The number of rotatable bonds is 6. The van der Waals surface area contributed by atoms with Crippen molar-refractivity contribution >= 4 is 28.7 Å². The fourth-order valence-electron chi connectivity index (χ4n) is 6.17. The predicted octanol–water partition coefficient (Wildman–Crippen LogP) is 4.28. The summed E-state index contributed by atoms with van der Waals surface area (Å²) in [5, 5.41) is 12.4. The van der Waals surface area contributed by atoms with E-state index < -0.39 is 23.1 Å². The SMILES string of the molecule is O=C(C1CCC(Cc2ncc3nc(Nc4c(F)cc(F)cc4F)n([C@@H]4CCOC4)c3n2)CC1)N1CCC(O)CC1. The molecule has 1 amide bonds. The quantitative estimate of drug-likeness (QED) is 0.465. The Labute approximate surface area is 229 Å². The van der Waals surface area contributed by atoms with Crippen molar-refractivity contribution in [2.75, 3.05) is 31.6 Å². The maximum atomic E-state index is 14.4. The third-order valence-corrected chi connectivity index (χ3v) is 8.44. The van der Waals surface area contributed by atoms with E-state index in [1.165, 1.54) is 0 Å². The Bertz CT molecular complexity index is 1360. The molecule has 0 unspecified atom stereocenters. The number of ether oxygens (including phenoxy) is 1. The van der Waals surface area contributed by atoms with Crippen LogP contribution in [0.25, 0.3) is 11.2 Å². The van der Waals surface area contributed by atoms with Crippen molar-refractivity contribution in [3.63, 3.8) is 0 Å². The third-order valence-electron chi connectivity index (χ3n) is 8.44. The highest BCUT2D eigenvalue weighted by atomic mass is 19.1. The molecule has 214 valence electrons. The highest BCUT2D eigenvalue weighted by Gasteiger charge is 2.32. The molecule has 3 aromatic rings. The number of nitrogens with one attached hydrogen (secondary N) is 1. The van der Waals surface area contributed by atoms with E-state index in [9.17, 15) is 23.1 Å². The summed E-state index contributed by atoms with van der Waals surface area (Å²) in [5.74, 6) is -1.70. The fourth-order valence-corrected chi connectivity index (χ4v) is 6.17. The van der Waals surface area contributed by atoms with Gasteiger partial charge in [0.15, 0.2) is 17.3 Å². The van der Waals surface area contributed by atoms with Gasteiger partial charge in [-0.1, -0.05) is 0 Å². The van der Waals surface area contributed by atoms with Gasteiger partial charge in [-0.2, -0.15) is 0 Å². The summed E-state index contributed by atoms with van der Waals surface area (Å²) in [7, 11) is 0. The average Bonchev–Trinajstić information content (AvgIpc) is 3.58. The van der Waals surface area contributed by atoms with Crippen LogP contribution in [0.1, 0.15) is 56.8 Å². The Morgan fingerprint density at radius 2 is 1.75 bits per heavy atom. The van der Waals surface area contributed by atoms with E-state index in [1.54, 1.807) is 10.8 Å². The first-order chi connectivity index (χ1) is 19.4. The monoisotopic (exact) mass is 558 g/mol. The Hall–Kier alpha value is -3.25. The first-order valence-electron chi connectivity index (χ1n) is 14.1. The average molecular weight is 559 g/mol. The van der Waals surface area contributed by atoms with E-state index >= 15 is 0 Å². The molecular weight excluding hydrogens is 525 g/mol. The van der Waals surface area contributed by atoms with E-state index in [4.69, 9.17) is 9.72 Å². The molecule has 1 aromatic carbocycles. The number of halogens is 3. The van der Waals surface area contributed by atoms with Crippen molar-refractivity contribution in [3.8, 4) is 0 Å². The van der Waals surface area contributed by atoms with Crippen LogP contribution in [0, 0.1) is 29.3 Å². The van der Waals surface area contributed by atoms with Crippen LogP contribution in [-0.2, 0) is 16.0 Å². The minimum absolute atomic E-state index is 0.0274. The largest absolute Gasteiger partial charge is 0.393 e. The number of fused-ring (bicyclic) bond motifs is 1. The molecule has 0 bridgehead atoms. The summed E-state index contributed by atoms with van der Waals surface area (Å²) < 4.78 is 49.6. The molecule has 3 fully saturated rings. The van der Waals surface area contributed by atoms with Gasteiger partial charge in [0, 0.05) is 44.2 Å². The zero-order valence-electron chi connectivity index (χ0n) is 22.2. The fraction of sp³-hybridized carbons (Fsp3) is 0.571. The lowest BCUT2D eigenvalue weighted by molar-refractivity contribution is -0.138. The molecule has 2 N–H and O–H groups in total. The number of amides is 1. The van der Waals surface area contributed by atoms with Crippen molar-refractivity contribution in [2.45, 2.75) is 63.5 Å². The van der Waals surface area contributed by atoms with Gasteiger partial charge >= 0.3 is 0 Å². The smallest absolute Gasteiger partial charge is 0.225 e. The van der Waals surface area contributed by atoms with Crippen LogP contribution in [0.4, 0.5) is 24.8 Å². The normalized spacial score (nSPS) is 24.1. The summed E-state index contributed by atoms with van der Waals surface area (Å²) in [5.41, 5.74) is 0.529. The summed E-state index contributed by atoms with van der Waals surface area (Å²) in [6, 6.07) is 1.10. The van der Waals surface area contributed by atoms with E-state index in [-0.39, 0.29) is 29.9 Å². The molecular formula is C28H33F3N6O3. The standard InChI is InChI=1S/C28H33F3N6O3/c29-18-12-21(30)25(22(31)13-18)35-28-33-23-14-32-24(34-26(23)37(28)19-7-10-40-15-19)11-16-1-3-17(4-2-16)27(39)36-8-5-20(38)6-9-36/h12-14,16-17,19-20,38H,1-11,15H2,(H,33,35)/t16?,17?,19-/m1/s1. The van der Waals surface area contributed by atoms with Crippen LogP contribution in [-0.4, -0.2) is 67.8 Å². The van der Waals surface area contributed by atoms with Crippen molar-refractivity contribution in [2.24, 2.45) is 11.8 Å². The van der Waals surface area contributed by atoms with Crippen molar-refractivity contribution in [1.82, 2.24) is 24.4 Å². The van der Waals surface area contributed by atoms with E-state index in [0.29, 0.717) is 87.0 Å². The number of aliphatic hydroxyl groups is 1. The van der Waals surface area contributed by atoms with E-state index in [0.717, 1.165) is 25.7 Å². The second-order valence-electron chi connectivity index (χ2n) is 11.2. The lowest BCUT2D eigenvalue weighted by atomic mass is 9.79. The molecule has 2 saturated heterocycles. The molecule has 40 heavy (non-hydrogen) atoms. The van der Waals surface area contributed by atoms with Crippen LogP contribution in [0.3, 0.4) is 0 Å². The number of imidazole rings is 1. The van der Waals surface area contributed by atoms with Crippen LogP contribution in [0.2, 0.25) is 0 Å². The molecule has 1 atom stereocenters. The van der Waals surface area contributed by atoms with Gasteiger partial charge in [-0.15, -0.1) is 0 Å². The number of benzene rings is 1. The molecule has 9 nitrogen and oxygen atoms in total. The van der Waals surface area contributed by atoms with Crippen LogP contribution in [0.15, 0.2) is 18.3 Å². The van der Waals surface area contributed by atoms with Gasteiger partial charge in [0.2, 0.25) is 11.9 Å². The van der Waals surface area contributed by atoms with Crippen molar-refractivity contribution in [3.05, 3.63) is 41.6 Å². The number of aliphatic hydroxyl groups excluding tert-OH is 1. The van der Waals surface area contributed by atoms with Crippen LogP contribution >= 0.6 is 0 Å². The highest BCUT2D eigenvalue weighted by molar-refractivity contribution is 5.79. The van der Waals surface area contributed by atoms with Crippen molar-refractivity contribution in [1.29, 1.82) is 0 Å². The van der Waals surface area contributed by atoms with Gasteiger partial charge in [-0.05, 0) is 50.9 Å². The second-order valence-corrected chi connectivity index (χ2v) is 11.2. The highest BCUT2D eigenvalue weighted by Crippen LogP contribution is 2.34. The molecule has 4 heterocycles. The zero-order chi connectivity index (χ0) is 27.8. The number of nitrogens with zero attached hydrogens (tertiary/aromatic N) is 5. The van der Waals surface area contributed by atoms with Crippen LogP contribution in [0.5, 0.6) is 0 Å². The summed E-state index contributed by atoms with van der Waals surface area (Å²) in [6.45, 7) is 2.21. The van der Waals surface area contributed by atoms with Gasteiger partial charge in [0.05, 0.1) is 24.9 Å².